The predicted molar refractivity (Wildman–Crippen MR) is 79.3 cm³/mol. The highest BCUT2D eigenvalue weighted by molar-refractivity contribution is 5.93. The lowest BCUT2D eigenvalue weighted by atomic mass is 10.2. The van der Waals surface area contributed by atoms with E-state index in [0.29, 0.717) is 17.1 Å². The van der Waals surface area contributed by atoms with Crippen LogP contribution in [0.3, 0.4) is 0 Å². The Hall–Kier alpha value is -2.82. The molecule has 0 radical (unpaired) electrons. The maximum absolute atomic E-state index is 12.4. The number of carbonyl (C=O) groups is 1. The summed E-state index contributed by atoms with van der Waals surface area (Å²) in [6.07, 6.45) is 1.59. The second-order valence-corrected chi connectivity index (χ2v) is 4.84. The molecule has 0 bridgehead atoms. The van der Waals surface area contributed by atoms with Crippen molar-refractivity contribution in [2.45, 2.75) is 0 Å². The van der Waals surface area contributed by atoms with Crippen LogP contribution in [0.1, 0.15) is 10.5 Å². The summed E-state index contributed by atoms with van der Waals surface area (Å²) >= 11 is 0. The van der Waals surface area contributed by atoms with Gasteiger partial charge in [0, 0.05) is 20.2 Å². The lowest BCUT2D eigenvalue weighted by Crippen LogP contribution is -2.24. The van der Waals surface area contributed by atoms with Crippen molar-refractivity contribution < 1.29 is 9.21 Å². The summed E-state index contributed by atoms with van der Waals surface area (Å²) in [5.74, 6) is 0.529. The van der Waals surface area contributed by atoms with Crippen LogP contribution in [0.4, 0.5) is 0 Å². The highest BCUT2D eigenvalue weighted by Gasteiger charge is 2.19. The van der Waals surface area contributed by atoms with E-state index in [1.54, 1.807) is 37.2 Å². The monoisotopic (exact) mass is 281 g/mol. The molecule has 0 aliphatic carbocycles. The normalized spacial score (nSPS) is 10.6. The first kappa shape index (κ1) is 13.2. The minimum atomic E-state index is -0.107. The molecule has 1 amide bonds. The maximum Gasteiger partial charge on any atom is 0.272 e. The van der Waals surface area contributed by atoms with Crippen LogP contribution < -0.4 is 0 Å². The first-order chi connectivity index (χ1) is 10.2. The van der Waals surface area contributed by atoms with Gasteiger partial charge in [-0.05, 0) is 24.3 Å². The van der Waals surface area contributed by atoms with Crippen molar-refractivity contribution in [2.75, 3.05) is 14.1 Å². The number of amides is 1. The molecule has 3 rings (SSSR count). The maximum atomic E-state index is 12.4. The Morgan fingerprint density at radius 2 is 1.90 bits per heavy atom. The van der Waals surface area contributed by atoms with E-state index in [-0.39, 0.29) is 5.91 Å². The zero-order chi connectivity index (χ0) is 14.8. The molecule has 0 saturated carbocycles. The molecule has 0 fully saturated rings. The minimum absolute atomic E-state index is 0.107. The van der Waals surface area contributed by atoms with Crippen LogP contribution in [0.15, 0.2) is 59.2 Å². The third-order valence-electron chi connectivity index (χ3n) is 3.11. The Kier molecular flexibility index (Phi) is 3.31. The zero-order valence-electron chi connectivity index (χ0n) is 11.9. The van der Waals surface area contributed by atoms with Crippen LogP contribution >= 0.6 is 0 Å². The molecule has 5 heteroatoms. The first-order valence-corrected chi connectivity index (χ1v) is 6.58. The molecule has 0 N–H and O–H groups in total. The summed E-state index contributed by atoms with van der Waals surface area (Å²) in [7, 11) is 3.44. The van der Waals surface area contributed by atoms with Gasteiger partial charge in [0.05, 0.1) is 12.0 Å². The summed E-state index contributed by atoms with van der Waals surface area (Å²) in [6, 6.07) is 14.9. The lowest BCUT2D eigenvalue weighted by molar-refractivity contribution is 0.0819. The van der Waals surface area contributed by atoms with Gasteiger partial charge in [-0.15, -0.1) is 0 Å². The van der Waals surface area contributed by atoms with E-state index in [9.17, 15) is 4.79 Å². The first-order valence-electron chi connectivity index (χ1n) is 6.58. The van der Waals surface area contributed by atoms with Gasteiger partial charge in [0.2, 0.25) is 0 Å². The van der Waals surface area contributed by atoms with Crippen molar-refractivity contribution in [3.63, 3.8) is 0 Å². The van der Waals surface area contributed by atoms with Gasteiger partial charge in [0.1, 0.15) is 11.4 Å². The van der Waals surface area contributed by atoms with E-state index in [4.69, 9.17) is 4.42 Å². The fourth-order valence-electron chi connectivity index (χ4n) is 2.07. The van der Waals surface area contributed by atoms with Gasteiger partial charge in [-0.1, -0.05) is 18.2 Å². The third-order valence-corrected chi connectivity index (χ3v) is 3.11. The van der Waals surface area contributed by atoms with Crippen LogP contribution in [0.25, 0.3) is 17.1 Å². The highest BCUT2D eigenvalue weighted by Crippen LogP contribution is 2.22. The van der Waals surface area contributed by atoms with E-state index in [1.807, 2.05) is 36.4 Å². The number of nitrogens with zero attached hydrogens (tertiary/aromatic N) is 3. The molecule has 5 nitrogen and oxygen atoms in total. The Balaban J connectivity index is 2.15. The predicted octanol–water partition coefficient (Wildman–Crippen LogP) is 2.83. The smallest absolute Gasteiger partial charge is 0.272 e. The lowest BCUT2D eigenvalue weighted by Gasteiger charge is -2.11. The van der Waals surface area contributed by atoms with Crippen molar-refractivity contribution in [2.24, 2.45) is 0 Å². The topological polar surface area (TPSA) is 51.3 Å². The van der Waals surface area contributed by atoms with Gasteiger partial charge >= 0.3 is 0 Å². The third kappa shape index (κ3) is 2.45. The largest absolute Gasteiger partial charge is 0.463 e. The molecule has 21 heavy (non-hydrogen) atoms. The molecular formula is C16H15N3O2. The molecule has 0 aliphatic heterocycles. The number of carbonyl (C=O) groups excluding carboxylic acids is 1. The number of rotatable bonds is 3. The standard InChI is InChI=1S/C16H15N3O2/c1-18(2)16(20)14-11-13(15-9-6-10-21-15)17-19(14)12-7-4-3-5-8-12/h3-11H,1-2H3. The van der Waals surface area contributed by atoms with Crippen LogP contribution in [0.2, 0.25) is 0 Å². The minimum Gasteiger partial charge on any atom is -0.463 e. The molecule has 106 valence electrons. The number of aromatic nitrogens is 2. The Morgan fingerprint density at radius 3 is 2.52 bits per heavy atom. The van der Waals surface area contributed by atoms with Crippen LogP contribution in [0.5, 0.6) is 0 Å². The van der Waals surface area contributed by atoms with Gasteiger partial charge in [0.15, 0.2) is 5.76 Å². The number of hydrogen-bond acceptors (Lipinski definition) is 3. The van der Waals surface area contributed by atoms with Crippen molar-refractivity contribution in [3.8, 4) is 17.1 Å². The van der Waals surface area contributed by atoms with E-state index >= 15 is 0 Å². The van der Waals surface area contributed by atoms with E-state index in [0.717, 1.165) is 5.69 Å². The Morgan fingerprint density at radius 1 is 1.14 bits per heavy atom. The van der Waals surface area contributed by atoms with E-state index in [2.05, 4.69) is 5.10 Å². The van der Waals surface area contributed by atoms with Crippen LogP contribution in [-0.4, -0.2) is 34.7 Å². The SMILES string of the molecule is CN(C)C(=O)c1cc(-c2ccco2)nn1-c1ccccc1. The average molecular weight is 281 g/mol. The molecular weight excluding hydrogens is 266 g/mol. The molecule has 0 saturated heterocycles. The van der Waals surface area contributed by atoms with Gasteiger partial charge in [0.25, 0.3) is 5.91 Å². The Bertz CT molecular complexity index is 743. The molecule has 0 atom stereocenters. The molecule has 1 aromatic carbocycles. The van der Waals surface area contributed by atoms with Crippen LogP contribution in [-0.2, 0) is 0 Å². The Labute approximate surface area is 122 Å². The van der Waals surface area contributed by atoms with Gasteiger partial charge in [-0.3, -0.25) is 4.79 Å². The van der Waals surface area contributed by atoms with Crippen molar-refractivity contribution in [1.29, 1.82) is 0 Å². The van der Waals surface area contributed by atoms with Crippen molar-refractivity contribution in [3.05, 3.63) is 60.5 Å². The number of hydrogen-bond donors (Lipinski definition) is 0. The zero-order valence-corrected chi connectivity index (χ0v) is 11.9. The van der Waals surface area contributed by atoms with Gasteiger partial charge in [-0.25, -0.2) is 4.68 Å². The second-order valence-electron chi connectivity index (χ2n) is 4.84. The van der Waals surface area contributed by atoms with Gasteiger partial charge in [-0.2, -0.15) is 5.10 Å². The summed E-state index contributed by atoms with van der Waals surface area (Å²) in [5.41, 5.74) is 1.96. The quantitative estimate of drug-likeness (QED) is 0.741. The number of benzene rings is 1. The average Bonchev–Trinajstić information content (AvgIpc) is 3.16. The molecule has 3 aromatic rings. The van der Waals surface area contributed by atoms with Crippen molar-refractivity contribution in [1.82, 2.24) is 14.7 Å². The van der Waals surface area contributed by atoms with Crippen molar-refractivity contribution >= 4 is 5.91 Å². The molecule has 0 unspecified atom stereocenters. The molecule has 2 aromatic heterocycles. The summed E-state index contributed by atoms with van der Waals surface area (Å²) in [6.45, 7) is 0. The summed E-state index contributed by atoms with van der Waals surface area (Å²) < 4.78 is 7.00. The van der Waals surface area contributed by atoms with Crippen LogP contribution in [0, 0.1) is 0 Å². The molecule has 2 heterocycles. The fourth-order valence-corrected chi connectivity index (χ4v) is 2.07. The summed E-state index contributed by atoms with van der Waals surface area (Å²) in [4.78, 5) is 13.9. The molecule has 0 spiro atoms. The van der Waals surface area contributed by atoms with E-state index in [1.165, 1.54) is 4.90 Å². The number of para-hydroxylation sites is 1. The van der Waals surface area contributed by atoms with E-state index < -0.39 is 0 Å². The fraction of sp³-hybridized carbons (Fsp3) is 0.125. The van der Waals surface area contributed by atoms with Gasteiger partial charge < -0.3 is 9.32 Å². The second kappa shape index (κ2) is 5.28. The summed E-state index contributed by atoms with van der Waals surface area (Å²) in [5, 5.41) is 4.50. The number of furan rings is 1. The highest BCUT2D eigenvalue weighted by atomic mass is 16.3. The molecule has 0 aliphatic rings.